The maximum absolute atomic E-state index is 13.7. The van der Waals surface area contributed by atoms with Gasteiger partial charge in [-0.05, 0) is 55.0 Å². The maximum Gasteiger partial charge on any atom is 0.262 e. The molecule has 0 fully saturated rings. The van der Waals surface area contributed by atoms with Crippen LogP contribution in [0.4, 0.5) is 5.69 Å². The summed E-state index contributed by atoms with van der Waals surface area (Å²) < 4.78 is 7.35. The first-order chi connectivity index (χ1) is 17.6. The molecule has 36 heavy (non-hydrogen) atoms. The van der Waals surface area contributed by atoms with Gasteiger partial charge in [-0.1, -0.05) is 61.5 Å². The van der Waals surface area contributed by atoms with Crippen molar-refractivity contribution >= 4 is 51.1 Å². The Morgan fingerprint density at radius 2 is 1.39 bits per heavy atom. The fourth-order valence-electron chi connectivity index (χ4n) is 4.26. The molecular formula is C30H26N2O3S. The van der Waals surface area contributed by atoms with Crippen molar-refractivity contribution < 1.29 is 14.3 Å². The highest BCUT2D eigenvalue weighted by Gasteiger charge is 2.23. The monoisotopic (exact) mass is 494 g/mol. The maximum atomic E-state index is 13.7. The third kappa shape index (κ3) is 4.99. The number of nitrogens with zero attached hydrogens (tertiary/aromatic N) is 1. The predicted octanol–water partition coefficient (Wildman–Crippen LogP) is 7.02. The number of anilines is 1. The van der Waals surface area contributed by atoms with E-state index in [1.54, 1.807) is 0 Å². The number of benzene rings is 4. The minimum atomic E-state index is -0.246. The number of hydrogen-bond acceptors (Lipinski definition) is 4. The van der Waals surface area contributed by atoms with E-state index in [1.165, 1.54) is 11.8 Å². The SMILES string of the molecule is CCC(Sc1ccc(NC(=O)COc2ccccc2)cc1)C(=O)n1c2ccccc2c2ccccc21. The van der Waals surface area contributed by atoms with Gasteiger partial charge < -0.3 is 10.1 Å². The first-order valence-corrected chi connectivity index (χ1v) is 12.8. The normalized spacial score (nSPS) is 11.9. The molecule has 0 spiro atoms. The lowest BCUT2D eigenvalue weighted by Gasteiger charge is -2.16. The van der Waals surface area contributed by atoms with Crippen LogP contribution in [0.3, 0.4) is 0 Å². The van der Waals surface area contributed by atoms with Crippen molar-refractivity contribution in [2.24, 2.45) is 0 Å². The van der Waals surface area contributed by atoms with Gasteiger partial charge in [0.15, 0.2) is 6.61 Å². The standard InChI is InChI=1S/C30H26N2O3S/c1-2-28(30(34)32-26-14-8-6-12-24(26)25-13-7-9-15-27(25)32)36-23-18-16-21(17-19-23)31-29(33)20-35-22-10-4-3-5-11-22/h3-19,28H,2,20H2,1H3,(H,31,33). The molecule has 5 nitrogen and oxygen atoms in total. The van der Waals surface area contributed by atoms with Crippen LogP contribution in [0.25, 0.3) is 21.8 Å². The minimum absolute atomic E-state index is 0.0638. The van der Waals surface area contributed by atoms with E-state index in [9.17, 15) is 9.59 Å². The number of thioether (sulfide) groups is 1. The molecule has 0 bridgehead atoms. The third-order valence-electron chi connectivity index (χ3n) is 5.98. The number of carbonyl (C=O) groups excluding carboxylic acids is 2. The van der Waals surface area contributed by atoms with Crippen molar-refractivity contribution in [3.63, 3.8) is 0 Å². The number of fused-ring (bicyclic) bond motifs is 3. The minimum Gasteiger partial charge on any atom is -0.484 e. The van der Waals surface area contributed by atoms with Crippen LogP contribution in [0.5, 0.6) is 5.75 Å². The molecule has 0 aliphatic rings. The summed E-state index contributed by atoms with van der Waals surface area (Å²) in [6.07, 6.45) is 0.694. The Morgan fingerprint density at radius 3 is 2.00 bits per heavy atom. The van der Waals surface area contributed by atoms with Crippen molar-refractivity contribution in [1.82, 2.24) is 4.57 Å². The molecule has 5 aromatic rings. The molecule has 0 saturated heterocycles. The quantitative estimate of drug-likeness (QED) is 0.235. The van der Waals surface area contributed by atoms with E-state index in [1.807, 2.05) is 102 Å². The highest BCUT2D eigenvalue weighted by molar-refractivity contribution is 8.00. The van der Waals surface area contributed by atoms with E-state index in [-0.39, 0.29) is 23.7 Å². The van der Waals surface area contributed by atoms with Gasteiger partial charge in [0.1, 0.15) is 5.75 Å². The summed E-state index contributed by atoms with van der Waals surface area (Å²) in [4.78, 5) is 26.9. The summed E-state index contributed by atoms with van der Waals surface area (Å²) in [6.45, 7) is 1.97. The number of ether oxygens (including phenoxy) is 1. The van der Waals surface area contributed by atoms with Gasteiger partial charge in [-0.25, -0.2) is 0 Å². The average molecular weight is 495 g/mol. The zero-order valence-corrected chi connectivity index (χ0v) is 20.7. The molecular weight excluding hydrogens is 468 g/mol. The van der Waals surface area contributed by atoms with Crippen LogP contribution in [-0.4, -0.2) is 28.2 Å². The number of aromatic nitrogens is 1. The predicted molar refractivity (Wildman–Crippen MR) is 147 cm³/mol. The van der Waals surface area contributed by atoms with Crippen LogP contribution in [0, 0.1) is 0 Å². The summed E-state index contributed by atoms with van der Waals surface area (Å²) in [6, 6.07) is 32.9. The summed E-state index contributed by atoms with van der Waals surface area (Å²) in [7, 11) is 0. The Bertz CT molecular complexity index is 1460. The van der Waals surface area contributed by atoms with Crippen molar-refractivity contribution in [3.05, 3.63) is 103 Å². The Kier molecular flexibility index (Phi) is 7.05. The van der Waals surface area contributed by atoms with E-state index in [4.69, 9.17) is 4.74 Å². The second-order valence-electron chi connectivity index (χ2n) is 8.40. The van der Waals surface area contributed by atoms with E-state index in [2.05, 4.69) is 17.4 Å². The topological polar surface area (TPSA) is 60.3 Å². The molecule has 5 rings (SSSR count). The van der Waals surface area contributed by atoms with Crippen LogP contribution in [0.2, 0.25) is 0 Å². The van der Waals surface area contributed by atoms with Gasteiger partial charge in [-0.3, -0.25) is 14.2 Å². The van der Waals surface area contributed by atoms with Gasteiger partial charge in [0.25, 0.3) is 5.91 Å². The molecule has 0 saturated carbocycles. The Morgan fingerprint density at radius 1 is 0.806 bits per heavy atom. The van der Waals surface area contributed by atoms with Crippen molar-refractivity contribution in [2.45, 2.75) is 23.5 Å². The van der Waals surface area contributed by atoms with Crippen LogP contribution in [0.1, 0.15) is 18.1 Å². The summed E-state index contributed by atoms with van der Waals surface area (Å²) in [5, 5.41) is 4.76. The molecule has 1 unspecified atom stereocenters. The molecule has 4 aromatic carbocycles. The summed E-state index contributed by atoms with van der Waals surface area (Å²) >= 11 is 1.54. The van der Waals surface area contributed by atoms with Crippen LogP contribution in [-0.2, 0) is 4.79 Å². The molecule has 1 N–H and O–H groups in total. The molecule has 0 aliphatic carbocycles. The van der Waals surface area contributed by atoms with Crippen LogP contribution in [0.15, 0.2) is 108 Å². The number of para-hydroxylation sites is 3. The van der Waals surface area contributed by atoms with Crippen molar-refractivity contribution in [1.29, 1.82) is 0 Å². The lowest BCUT2D eigenvalue weighted by atomic mass is 10.2. The Hall–Kier alpha value is -4.03. The molecule has 1 atom stereocenters. The van der Waals surface area contributed by atoms with Gasteiger partial charge in [-0.15, -0.1) is 11.8 Å². The molecule has 1 aromatic heterocycles. The fraction of sp³-hybridized carbons (Fsp3) is 0.133. The first-order valence-electron chi connectivity index (χ1n) is 11.9. The highest BCUT2D eigenvalue weighted by atomic mass is 32.2. The first kappa shape index (κ1) is 23.7. The van der Waals surface area contributed by atoms with Gasteiger partial charge in [0.05, 0.1) is 16.3 Å². The number of hydrogen-bond donors (Lipinski definition) is 1. The molecule has 1 heterocycles. The molecule has 1 amide bonds. The zero-order chi connectivity index (χ0) is 24.9. The van der Waals surface area contributed by atoms with Gasteiger partial charge in [-0.2, -0.15) is 0 Å². The van der Waals surface area contributed by atoms with Crippen molar-refractivity contribution in [3.8, 4) is 5.75 Å². The second kappa shape index (κ2) is 10.7. The highest BCUT2D eigenvalue weighted by Crippen LogP contribution is 2.33. The Balaban J connectivity index is 1.28. The summed E-state index contributed by atoms with van der Waals surface area (Å²) in [5.74, 6) is 0.487. The lowest BCUT2D eigenvalue weighted by molar-refractivity contribution is -0.118. The molecule has 180 valence electrons. The van der Waals surface area contributed by atoms with E-state index in [0.717, 1.165) is 26.7 Å². The Labute approximate surface area is 214 Å². The second-order valence-corrected chi connectivity index (χ2v) is 9.67. The third-order valence-corrected chi connectivity index (χ3v) is 7.34. The average Bonchev–Trinajstić information content (AvgIpc) is 3.26. The fourth-order valence-corrected chi connectivity index (χ4v) is 5.25. The van der Waals surface area contributed by atoms with Gasteiger partial charge in [0, 0.05) is 21.4 Å². The molecule has 0 radical (unpaired) electrons. The summed E-state index contributed by atoms with van der Waals surface area (Å²) in [5.41, 5.74) is 2.54. The van der Waals surface area contributed by atoms with Gasteiger partial charge >= 0.3 is 0 Å². The number of rotatable bonds is 8. The zero-order valence-electron chi connectivity index (χ0n) is 19.9. The van der Waals surface area contributed by atoms with Gasteiger partial charge in [0.2, 0.25) is 5.91 Å². The van der Waals surface area contributed by atoms with Crippen LogP contribution >= 0.6 is 11.8 Å². The molecule has 0 aliphatic heterocycles. The van der Waals surface area contributed by atoms with Crippen molar-refractivity contribution in [2.75, 3.05) is 11.9 Å². The largest absolute Gasteiger partial charge is 0.484 e. The number of carbonyl (C=O) groups is 2. The molecule has 6 heteroatoms. The number of nitrogens with one attached hydrogen (secondary N) is 1. The van der Waals surface area contributed by atoms with E-state index < -0.39 is 0 Å². The smallest absolute Gasteiger partial charge is 0.262 e. The number of amides is 1. The van der Waals surface area contributed by atoms with Crippen LogP contribution < -0.4 is 10.1 Å². The lowest BCUT2D eigenvalue weighted by Crippen LogP contribution is -2.23. The van der Waals surface area contributed by atoms with E-state index in [0.29, 0.717) is 17.9 Å². The van der Waals surface area contributed by atoms with E-state index >= 15 is 0 Å².